The van der Waals surface area contributed by atoms with Crippen molar-refractivity contribution in [1.82, 2.24) is 25.3 Å². The Morgan fingerprint density at radius 1 is 1.37 bits per heavy atom. The summed E-state index contributed by atoms with van der Waals surface area (Å²) >= 11 is 1.62. The zero-order valence-corrected chi connectivity index (χ0v) is 17.9. The fourth-order valence-corrected chi connectivity index (χ4v) is 6.18. The molecule has 5 heterocycles. The Morgan fingerprint density at radius 3 is 3.00 bits per heavy atom. The first-order chi connectivity index (χ1) is 14.6. The first kappa shape index (κ1) is 19.7. The maximum absolute atomic E-state index is 13.3. The highest BCUT2D eigenvalue weighted by atomic mass is 32.1. The highest BCUT2D eigenvalue weighted by Gasteiger charge is 2.51. The van der Waals surface area contributed by atoms with Crippen molar-refractivity contribution in [3.05, 3.63) is 34.1 Å². The third-order valence-electron chi connectivity index (χ3n) is 6.67. The van der Waals surface area contributed by atoms with Crippen LogP contribution in [0, 0.1) is 18.8 Å². The monoisotopic (exact) mass is 429 g/mol. The molecule has 0 spiro atoms. The molecule has 3 aliphatic heterocycles. The summed E-state index contributed by atoms with van der Waals surface area (Å²) in [6.07, 6.45) is 3.43. The molecule has 2 aromatic heterocycles. The first-order valence-electron chi connectivity index (χ1n) is 10.7. The summed E-state index contributed by atoms with van der Waals surface area (Å²) in [6, 6.07) is 1.77. The number of hydrogen-bond donors (Lipinski definition) is 1. The Hall–Kier alpha value is -2.26. The number of hydrogen-bond acceptors (Lipinski definition) is 7. The Morgan fingerprint density at radius 2 is 2.23 bits per heavy atom. The minimum atomic E-state index is -0.396. The average molecular weight is 430 g/mol. The number of fused-ring (bicyclic) bond motifs is 4. The van der Waals surface area contributed by atoms with E-state index in [-0.39, 0.29) is 23.8 Å². The van der Waals surface area contributed by atoms with Crippen LogP contribution in [0.15, 0.2) is 21.3 Å². The van der Waals surface area contributed by atoms with Gasteiger partial charge >= 0.3 is 0 Å². The van der Waals surface area contributed by atoms with E-state index >= 15 is 0 Å². The number of amides is 2. The zero-order valence-electron chi connectivity index (χ0n) is 17.1. The maximum Gasteiger partial charge on any atom is 0.243 e. The predicted octanol–water partition coefficient (Wildman–Crippen LogP) is 1.96. The molecular weight excluding hydrogens is 402 g/mol. The van der Waals surface area contributed by atoms with Crippen molar-refractivity contribution in [2.75, 3.05) is 13.1 Å². The molecule has 0 aromatic carbocycles. The van der Waals surface area contributed by atoms with Crippen LogP contribution in [0.5, 0.6) is 0 Å². The predicted molar refractivity (Wildman–Crippen MR) is 110 cm³/mol. The molecule has 2 bridgehead atoms. The largest absolute Gasteiger partial charge is 0.350 e. The van der Waals surface area contributed by atoms with Gasteiger partial charge in [0, 0.05) is 44.9 Å². The molecule has 0 saturated carbocycles. The van der Waals surface area contributed by atoms with Gasteiger partial charge in [0.2, 0.25) is 17.7 Å². The summed E-state index contributed by atoms with van der Waals surface area (Å²) in [5.74, 6) is 1.87. The Kier molecular flexibility index (Phi) is 5.32. The fraction of sp³-hybridized carbons (Fsp3) is 0.619. The Bertz CT molecular complexity index is 914. The first-order valence-corrected chi connectivity index (χ1v) is 11.6. The van der Waals surface area contributed by atoms with Gasteiger partial charge in [0.25, 0.3) is 0 Å². The smallest absolute Gasteiger partial charge is 0.243 e. The van der Waals surface area contributed by atoms with Crippen molar-refractivity contribution in [1.29, 1.82) is 0 Å². The molecule has 0 radical (unpaired) electrons. The lowest BCUT2D eigenvalue weighted by Crippen LogP contribution is -2.68. The van der Waals surface area contributed by atoms with E-state index in [1.54, 1.807) is 18.3 Å². The van der Waals surface area contributed by atoms with E-state index in [9.17, 15) is 9.59 Å². The van der Waals surface area contributed by atoms with Crippen LogP contribution in [0.1, 0.15) is 43.0 Å². The number of thiophene rings is 1. The summed E-state index contributed by atoms with van der Waals surface area (Å²) in [7, 11) is 0. The highest BCUT2D eigenvalue weighted by molar-refractivity contribution is 7.07. The minimum Gasteiger partial charge on any atom is -0.350 e. The van der Waals surface area contributed by atoms with E-state index in [0.29, 0.717) is 37.1 Å². The second-order valence-electron chi connectivity index (χ2n) is 8.73. The van der Waals surface area contributed by atoms with E-state index in [4.69, 9.17) is 4.52 Å². The lowest BCUT2D eigenvalue weighted by atomic mass is 9.71. The number of aromatic nitrogens is 2. The second-order valence-corrected chi connectivity index (χ2v) is 9.51. The third-order valence-corrected chi connectivity index (χ3v) is 7.40. The highest BCUT2D eigenvalue weighted by Crippen LogP contribution is 2.42. The van der Waals surface area contributed by atoms with Gasteiger partial charge < -0.3 is 14.7 Å². The van der Waals surface area contributed by atoms with Crippen LogP contribution in [0.4, 0.5) is 0 Å². The van der Waals surface area contributed by atoms with Gasteiger partial charge in [-0.15, -0.1) is 0 Å². The molecule has 0 unspecified atom stereocenters. The van der Waals surface area contributed by atoms with E-state index in [0.717, 1.165) is 37.9 Å². The maximum atomic E-state index is 13.3. The second kappa shape index (κ2) is 8.11. The number of aryl methyl sites for hydroxylation is 1. The quantitative estimate of drug-likeness (QED) is 0.781. The molecule has 1 N–H and O–H groups in total. The molecule has 8 nitrogen and oxygen atoms in total. The van der Waals surface area contributed by atoms with E-state index in [2.05, 4.69) is 20.4 Å². The number of rotatable bonds is 5. The lowest BCUT2D eigenvalue weighted by Gasteiger charge is -2.55. The van der Waals surface area contributed by atoms with Crippen LogP contribution < -0.4 is 5.32 Å². The van der Waals surface area contributed by atoms with Crippen molar-refractivity contribution in [2.45, 2.75) is 57.8 Å². The summed E-state index contributed by atoms with van der Waals surface area (Å²) in [4.78, 5) is 34.8. The molecule has 30 heavy (non-hydrogen) atoms. The number of nitrogens with one attached hydrogen (secondary N) is 1. The van der Waals surface area contributed by atoms with Crippen LogP contribution in [0.25, 0.3) is 0 Å². The fourth-order valence-electron chi connectivity index (χ4n) is 5.51. The van der Waals surface area contributed by atoms with Crippen molar-refractivity contribution >= 4 is 23.2 Å². The molecule has 9 heteroatoms. The SMILES string of the molecule is Cc1nc(CN2C[C@H]3C[C@@H](C2)[C@H](C(=O)NCc2ccsc2)N2C(=O)CCC[C@@H]32)no1. The molecular formula is C21H27N5O3S. The topological polar surface area (TPSA) is 91.6 Å². The van der Waals surface area contributed by atoms with Crippen molar-refractivity contribution in [3.63, 3.8) is 0 Å². The number of likely N-dealkylation sites (tertiary alicyclic amines) is 1. The van der Waals surface area contributed by atoms with Crippen molar-refractivity contribution in [2.24, 2.45) is 11.8 Å². The van der Waals surface area contributed by atoms with Gasteiger partial charge in [0.05, 0.1) is 6.54 Å². The Balaban J connectivity index is 1.36. The standard InChI is InChI=1S/C21H27N5O3S/c1-13-23-18(24-29-13)11-25-9-15-7-16(10-25)20(26-17(15)3-2-4-19(26)27)21(28)22-8-14-5-6-30-12-14/h5-6,12,15-17,20H,2-4,7-11H2,1H3,(H,22,28)/t15-,16+,17+,20-/m1/s1. The lowest BCUT2D eigenvalue weighted by molar-refractivity contribution is -0.160. The zero-order chi connectivity index (χ0) is 20.7. The third kappa shape index (κ3) is 3.76. The average Bonchev–Trinajstić information content (AvgIpc) is 3.39. The normalized spacial score (nSPS) is 29.0. The van der Waals surface area contributed by atoms with Gasteiger partial charge in [0.15, 0.2) is 5.82 Å². The molecule has 5 rings (SSSR count). The number of nitrogens with zero attached hydrogens (tertiary/aromatic N) is 4. The molecule has 3 saturated heterocycles. The van der Waals surface area contributed by atoms with Gasteiger partial charge in [-0.1, -0.05) is 5.16 Å². The number of carbonyl (C=O) groups excluding carboxylic acids is 2. The summed E-state index contributed by atoms with van der Waals surface area (Å²) in [6.45, 7) is 4.58. The van der Waals surface area contributed by atoms with Crippen molar-refractivity contribution in [3.8, 4) is 0 Å². The van der Waals surface area contributed by atoms with Gasteiger partial charge in [-0.05, 0) is 47.6 Å². The molecule has 0 aliphatic carbocycles. The Labute approximate surface area is 179 Å². The molecule has 4 atom stereocenters. The number of piperidine rings is 3. The molecule has 2 amide bonds. The molecule has 2 aromatic rings. The van der Waals surface area contributed by atoms with Gasteiger partial charge in [-0.2, -0.15) is 16.3 Å². The van der Waals surface area contributed by atoms with E-state index in [1.165, 1.54) is 0 Å². The van der Waals surface area contributed by atoms with E-state index in [1.807, 2.05) is 21.7 Å². The van der Waals surface area contributed by atoms with Crippen LogP contribution in [-0.2, 0) is 22.7 Å². The summed E-state index contributed by atoms with van der Waals surface area (Å²) in [5, 5.41) is 11.2. The minimum absolute atomic E-state index is 0.0258. The van der Waals surface area contributed by atoms with Crippen LogP contribution >= 0.6 is 11.3 Å². The number of carbonyl (C=O) groups is 2. The van der Waals surface area contributed by atoms with Gasteiger partial charge in [-0.25, -0.2) is 0 Å². The van der Waals surface area contributed by atoms with Crippen LogP contribution in [-0.4, -0.2) is 56.9 Å². The van der Waals surface area contributed by atoms with Crippen molar-refractivity contribution < 1.29 is 14.1 Å². The van der Waals surface area contributed by atoms with Crippen LogP contribution in [0.3, 0.4) is 0 Å². The van der Waals surface area contributed by atoms with Gasteiger partial charge in [0.1, 0.15) is 6.04 Å². The van der Waals surface area contributed by atoms with E-state index < -0.39 is 6.04 Å². The molecule has 160 valence electrons. The van der Waals surface area contributed by atoms with Crippen LogP contribution in [0.2, 0.25) is 0 Å². The summed E-state index contributed by atoms with van der Waals surface area (Å²) in [5.41, 5.74) is 1.10. The molecule has 3 fully saturated rings. The molecule has 3 aliphatic rings. The summed E-state index contributed by atoms with van der Waals surface area (Å²) < 4.78 is 5.12. The van der Waals surface area contributed by atoms with Gasteiger partial charge in [-0.3, -0.25) is 14.5 Å².